The van der Waals surface area contributed by atoms with Gasteiger partial charge in [0.25, 0.3) is 0 Å². The highest BCUT2D eigenvalue weighted by atomic mass is 16.5. The third-order valence-electron chi connectivity index (χ3n) is 4.31. The van der Waals surface area contributed by atoms with Gasteiger partial charge in [0.2, 0.25) is 0 Å². The Hall–Kier alpha value is -0.630. The van der Waals surface area contributed by atoms with Crippen molar-refractivity contribution in [1.29, 1.82) is 5.26 Å². The fraction of sp³-hybridized carbons (Fsp3) is 0.929. The molecule has 2 aliphatic rings. The molecule has 2 rings (SSSR count). The summed E-state index contributed by atoms with van der Waals surface area (Å²) in [5, 5.41) is 12.6. The van der Waals surface area contributed by atoms with Crippen LogP contribution in [0.2, 0.25) is 0 Å². The van der Waals surface area contributed by atoms with Crippen LogP contribution < -0.4 is 5.32 Å². The van der Waals surface area contributed by atoms with Gasteiger partial charge in [0.1, 0.15) is 5.54 Å². The predicted molar refractivity (Wildman–Crippen MR) is 71.3 cm³/mol. The fourth-order valence-corrected chi connectivity index (χ4v) is 3.22. The van der Waals surface area contributed by atoms with Crippen LogP contribution in [0.1, 0.15) is 39.5 Å². The van der Waals surface area contributed by atoms with E-state index in [1.165, 1.54) is 19.3 Å². The molecular weight excluding hydrogens is 226 g/mol. The molecule has 4 nitrogen and oxygen atoms in total. The second kappa shape index (κ2) is 6.01. The summed E-state index contributed by atoms with van der Waals surface area (Å²) in [6, 6.07) is 3.01. The van der Waals surface area contributed by atoms with Crippen LogP contribution in [0.25, 0.3) is 0 Å². The lowest BCUT2D eigenvalue weighted by molar-refractivity contribution is -0.0569. The van der Waals surface area contributed by atoms with Crippen molar-refractivity contribution in [2.24, 2.45) is 0 Å². The zero-order chi connectivity index (χ0) is 13.0. The van der Waals surface area contributed by atoms with Crippen LogP contribution in [0.5, 0.6) is 0 Å². The first-order valence-electron chi connectivity index (χ1n) is 7.20. The van der Waals surface area contributed by atoms with Gasteiger partial charge in [0.05, 0.1) is 18.8 Å². The number of hydrogen-bond donors (Lipinski definition) is 1. The van der Waals surface area contributed by atoms with E-state index >= 15 is 0 Å². The van der Waals surface area contributed by atoms with Gasteiger partial charge < -0.3 is 4.74 Å². The number of nitrogens with zero attached hydrogens (tertiary/aromatic N) is 2. The van der Waals surface area contributed by atoms with E-state index in [4.69, 9.17) is 4.74 Å². The Morgan fingerprint density at radius 2 is 2.33 bits per heavy atom. The van der Waals surface area contributed by atoms with E-state index in [0.717, 1.165) is 32.7 Å². The van der Waals surface area contributed by atoms with E-state index in [1.54, 1.807) is 0 Å². The van der Waals surface area contributed by atoms with Crippen molar-refractivity contribution >= 4 is 0 Å². The molecule has 3 unspecified atom stereocenters. The molecule has 1 aliphatic heterocycles. The zero-order valence-corrected chi connectivity index (χ0v) is 11.6. The van der Waals surface area contributed by atoms with Crippen LogP contribution in [0.4, 0.5) is 0 Å². The average molecular weight is 251 g/mol. The lowest BCUT2D eigenvalue weighted by atomic mass is 9.98. The summed E-state index contributed by atoms with van der Waals surface area (Å²) in [7, 11) is 0. The molecule has 0 radical (unpaired) electrons. The van der Waals surface area contributed by atoms with Gasteiger partial charge in [0, 0.05) is 19.1 Å². The topological polar surface area (TPSA) is 48.3 Å². The molecule has 0 amide bonds. The van der Waals surface area contributed by atoms with Crippen LogP contribution in [-0.4, -0.2) is 48.8 Å². The van der Waals surface area contributed by atoms with Gasteiger partial charge in [-0.15, -0.1) is 0 Å². The standard InChI is InChI=1S/C14H25N3O/c1-3-16-14(2,11-15)7-8-17-9-10-18-13-6-4-5-12(13)17/h12-13,16H,3-10H2,1-2H3. The number of morpholine rings is 1. The Bertz CT molecular complexity index is 315. The molecule has 0 bridgehead atoms. The Morgan fingerprint density at radius 1 is 1.50 bits per heavy atom. The van der Waals surface area contributed by atoms with E-state index in [1.807, 2.05) is 6.92 Å². The first-order valence-corrected chi connectivity index (χ1v) is 7.20. The summed E-state index contributed by atoms with van der Waals surface area (Å²) in [6.07, 6.45) is 5.10. The Labute approximate surface area is 110 Å². The van der Waals surface area contributed by atoms with Crippen LogP contribution in [0.3, 0.4) is 0 Å². The molecular formula is C14H25N3O. The molecule has 3 atom stereocenters. The first kappa shape index (κ1) is 13.8. The summed E-state index contributed by atoms with van der Waals surface area (Å²) in [6.45, 7) is 7.78. The number of ether oxygens (including phenoxy) is 1. The van der Waals surface area contributed by atoms with Crippen molar-refractivity contribution in [3.05, 3.63) is 0 Å². The van der Waals surface area contributed by atoms with Crippen LogP contribution in [-0.2, 0) is 4.74 Å². The maximum absolute atomic E-state index is 9.28. The Morgan fingerprint density at radius 3 is 3.06 bits per heavy atom. The molecule has 0 spiro atoms. The molecule has 1 saturated heterocycles. The molecule has 0 aromatic heterocycles. The lowest BCUT2D eigenvalue weighted by Gasteiger charge is -2.39. The van der Waals surface area contributed by atoms with Crippen molar-refractivity contribution in [1.82, 2.24) is 10.2 Å². The Balaban J connectivity index is 1.87. The Kier molecular flexibility index (Phi) is 4.60. The molecule has 2 fully saturated rings. The molecule has 4 heteroatoms. The molecule has 1 saturated carbocycles. The molecule has 1 aliphatic carbocycles. The van der Waals surface area contributed by atoms with Crippen LogP contribution in [0.15, 0.2) is 0 Å². The van der Waals surface area contributed by atoms with Crippen molar-refractivity contribution < 1.29 is 4.74 Å². The van der Waals surface area contributed by atoms with Crippen molar-refractivity contribution in [3.8, 4) is 6.07 Å². The number of fused-ring (bicyclic) bond motifs is 1. The molecule has 102 valence electrons. The SMILES string of the molecule is CCNC(C)(C#N)CCN1CCOC2CCCC21. The predicted octanol–water partition coefficient (Wildman–Crippen LogP) is 1.52. The van der Waals surface area contributed by atoms with Gasteiger partial charge in [-0.1, -0.05) is 6.92 Å². The minimum absolute atomic E-state index is 0.388. The first-order chi connectivity index (χ1) is 8.68. The van der Waals surface area contributed by atoms with Crippen LogP contribution >= 0.6 is 0 Å². The highest BCUT2D eigenvalue weighted by molar-refractivity contribution is 5.04. The second-order valence-corrected chi connectivity index (χ2v) is 5.67. The van der Waals surface area contributed by atoms with Gasteiger partial charge in [-0.05, 0) is 39.2 Å². The second-order valence-electron chi connectivity index (χ2n) is 5.67. The van der Waals surface area contributed by atoms with E-state index in [0.29, 0.717) is 12.1 Å². The molecule has 0 aromatic carbocycles. The van der Waals surface area contributed by atoms with Crippen molar-refractivity contribution in [2.75, 3.05) is 26.2 Å². The smallest absolute Gasteiger partial charge is 0.105 e. The minimum atomic E-state index is -0.388. The number of nitriles is 1. The maximum Gasteiger partial charge on any atom is 0.105 e. The lowest BCUT2D eigenvalue weighted by Crippen LogP contribution is -2.51. The summed E-state index contributed by atoms with van der Waals surface area (Å²) >= 11 is 0. The van der Waals surface area contributed by atoms with Gasteiger partial charge in [-0.25, -0.2) is 0 Å². The summed E-state index contributed by atoms with van der Waals surface area (Å²) < 4.78 is 5.82. The molecule has 1 N–H and O–H groups in total. The summed E-state index contributed by atoms with van der Waals surface area (Å²) in [5.74, 6) is 0. The van der Waals surface area contributed by atoms with Gasteiger partial charge in [0.15, 0.2) is 0 Å². The van der Waals surface area contributed by atoms with Gasteiger partial charge >= 0.3 is 0 Å². The maximum atomic E-state index is 9.28. The molecule has 1 heterocycles. The zero-order valence-electron chi connectivity index (χ0n) is 11.6. The van der Waals surface area contributed by atoms with Crippen LogP contribution in [0, 0.1) is 11.3 Å². The van der Waals surface area contributed by atoms with Gasteiger partial charge in [-0.3, -0.25) is 10.2 Å². The number of hydrogen-bond acceptors (Lipinski definition) is 4. The van der Waals surface area contributed by atoms with E-state index in [-0.39, 0.29) is 5.54 Å². The quantitative estimate of drug-likeness (QED) is 0.805. The number of rotatable bonds is 5. The average Bonchev–Trinajstić information content (AvgIpc) is 2.85. The highest BCUT2D eigenvalue weighted by Gasteiger charge is 2.36. The third-order valence-corrected chi connectivity index (χ3v) is 4.31. The summed E-state index contributed by atoms with van der Waals surface area (Å²) in [5.41, 5.74) is -0.388. The van der Waals surface area contributed by atoms with Crippen molar-refractivity contribution in [3.63, 3.8) is 0 Å². The largest absolute Gasteiger partial charge is 0.375 e. The van der Waals surface area contributed by atoms with Crippen molar-refractivity contribution in [2.45, 2.75) is 57.2 Å². The molecule has 0 aromatic rings. The van der Waals surface area contributed by atoms with Gasteiger partial charge in [-0.2, -0.15) is 5.26 Å². The normalized spacial score (nSPS) is 31.6. The molecule has 18 heavy (non-hydrogen) atoms. The number of nitrogens with one attached hydrogen (secondary N) is 1. The monoisotopic (exact) mass is 251 g/mol. The van der Waals surface area contributed by atoms with E-state index in [9.17, 15) is 5.26 Å². The highest BCUT2D eigenvalue weighted by Crippen LogP contribution is 2.30. The third kappa shape index (κ3) is 3.03. The fourth-order valence-electron chi connectivity index (χ4n) is 3.22. The van der Waals surface area contributed by atoms with E-state index in [2.05, 4.69) is 23.2 Å². The summed E-state index contributed by atoms with van der Waals surface area (Å²) in [4.78, 5) is 2.54. The van der Waals surface area contributed by atoms with E-state index < -0.39 is 0 Å². The minimum Gasteiger partial charge on any atom is -0.375 e.